The fourth-order valence-electron chi connectivity index (χ4n) is 7.01. The minimum absolute atomic E-state index is 0.0773. The molecule has 3 atom stereocenters. The average molecular weight is 678 g/mol. The Labute approximate surface area is 285 Å². The number of fused-ring (bicyclic) bond motifs is 1. The van der Waals surface area contributed by atoms with Crippen LogP contribution in [0.25, 0.3) is 28.0 Å². The number of nitrogens with two attached hydrogens (primary N) is 1. The van der Waals surface area contributed by atoms with Gasteiger partial charge in [-0.2, -0.15) is 4.98 Å². The van der Waals surface area contributed by atoms with E-state index in [1.165, 1.54) is 18.4 Å². The zero-order valence-corrected chi connectivity index (χ0v) is 29.0. The molecule has 2 aliphatic rings. The third-order valence-electron chi connectivity index (χ3n) is 9.75. The Kier molecular flexibility index (Phi) is 10.4. The molecule has 47 heavy (non-hydrogen) atoms. The number of amidine groups is 1. The molecule has 6 rings (SSSR count). The second-order valence-corrected chi connectivity index (χ2v) is 14.5. The Hall–Kier alpha value is -3.18. The van der Waals surface area contributed by atoms with Crippen molar-refractivity contribution in [3.63, 3.8) is 0 Å². The maximum absolute atomic E-state index is 15.4. The average Bonchev–Trinajstić information content (AvgIpc) is 3.82. The van der Waals surface area contributed by atoms with Gasteiger partial charge in [0.25, 0.3) is 0 Å². The van der Waals surface area contributed by atoms with Crippen molar-refractivity contribution in [2.45, 2.75) is 94.7 Å². The lowest BCUT2D eigenvalue weighted by atomic mass is 9.92. The number of hydrogen-bond acceptors (Lipinski definition) is 6. The second-order valence-electron chi connectivity index (χ2n) is 13.2. The van der Waals surface area contributed by atoms with Crippen molar-refractivity contribution in [1.29, 1.82) is 5.41 Å². The van der Waals surface area contributed by atoms with Gasteiger partial charge >= 0.3 is 5.69 Å². The zero-order valence-electron chi connectivity index (χ0n) is 27.4. The summed E-state index contributed by atoms with van der Waals surface area (Å²) < 4.78 is 17.0. The number of thioether (sulfide) groups is 1. The van der Waals surface area contributed by atoms with E-state index in [2.05, 4.69) is 39.0 Å². The van der Waals surface area contributed by atoms with Crippen molar-refractivity contribution in [2.75, 3.05) is 12.8 Å². The van der Waals surface area contributed by atoms with Gasteiger partial charge in [0, 0.05) is 46.2 Å². The van der Waals surface area contributed by atoms with E-state index in [4.69, 9.17) is 22.7 Å². The number of H-pyrrole nitrogens is 1. The molecule has 0 bridgehead atoms. The highest BCUT2D eigenvalue weighted by Crippen LogP contribution is 2.36. The molecule has 1 aliphatic heterocycles. The summed E-state index contributed by atoms with van der Waals surface area (Å²) in [6.07, 6.45) is 11.4. The molecule has 0 radical (unpaired) electrons. The van der Waals surface area contributed by atoms with Crippen LogP contribution < -0.4 is 22.1 Å². The standard InChI is InChI=1S/C36H45ClFN7OS/c1-20-27-19-32(28-16-22(17-29(37)34(28)38)6-4-8-30(40)23-10-11-23)43-35(27)44-36(46)45(20)25-12-13-26(33(18-25)47-3)31-9-5-7-24(42-31)14-15-41-21(2)39/h12-13,16-19,23-24,30-31,42H,4-11,14-15,40H2,1-3H3,(H2,39,41)(H,43,44,46)/t24-,30?,31-/m0/s1. The van der Waals surface area contributed by atoms with Crippen LogP contribution in [0, 0.1) is 24.1 Å². The summed E-state index contributed by atoms with van der Waals surface area (Å²) >= 11 is 8.04. The van der Waals surface area contributed by atoms with Crippen LogP contribution in [0.3, 0.4) is 0 Å². The third-order valence-corrected chi connectivity index (χ3v) is 10.8. The normalized spacial score (nSPS) is 18.9. The maximum atomic E-state index is 15.4. The van der Waals surface area contributed by atoms with Crippen LogP contribution in [-0.4, -0.2) is 45.3 Å². The monoisotopic (exact) mass is 677 g/mol. The summed E-state index contributed by atoms with van der Waals surface area (Å²) in [6.45, 7) is 4.45. The first-order valence-electron chi connectivity index (χ1n) is 16.7. The molecular weight excluding hydrogens is 633 g/mol. The van der Waals surface area contributed by atoms with E-state index in [0.717, 1.165) is 78.7 Å². The Morgan fingerprint density at radius 3 is 2.79 bits per heavy atom. The van der Waals surface area contributed by atoms with Gasteiger partial charge in [-0.25, -0.2) is 9.18 Å². The molecule has 1 aliphatic carbocycles. The lowest BCUT2D eigenvalue weighted by molar-refractivity contribution is 0.310. The van der Waals surface area contributed by atoms with Gasteiger partial charge in [0.15, 0.2) is 5.82 Å². The highest BCUT2D eigenvalue weighted by atomic mass is 35.5. The van der Waals surface area contributed by atoms with Gasteiger partial charge in [0.05, 0.1) is 22.2 Å². The highest BCUT2D eigenvalue weighted by Gasteiger charge is 2.28. The summed E-state index contributed by atoms with van der Waals surface area (Å²) in [5.74, 6) is 0.652. The minimum atomic E-state index is -0.496. The summed E-state index contributed by atoms with van der Waals surface area (Å²) in [6, 6.07) is 12.4. The van der Waals surface area contributed by atoms with Crippen LogP contribution in [0.15, 0.2) is 46.1 Å². The van der Waals surface area contributed by atoms with E-state index < -0.39 is 11.5 Å². The number of hydrogen-bond donors (Lipinski definition) is 5. The highest BCUT2D eigenvalue weighted by molar-refractivity contribution is 7.98. The van der Waals surface area contributed by atoms with Crippen molar-refractivity contribution in [1.82, 2.24) is 25.2 Å². The van der Waals surface area contributed by atoms with Crippen LogP contribution in [0.1, 0.15) is 81.2 Å². The number of piperidine rings is 1. The number of nitrogens with one attached hydrogen (secondary N) is 4. The largest absolute Gasteiger partial charge is 0.374 e. The SMILES string of the molecule is CSc1cc(-n2c(C)c3cc(-c4cc(CCCC(N)C5CC5)cc(Cl)c4F)[nH]c3nc2=O)ccc1[C@@H]1CCC[C@@H](CCNC(C)=N)N1. The van der Waals surface area contributed by atoms with Crippen LogP contribution in [0.5, 0.6) is 0 Å². The van der Waals surface area contributed by atoms with Gasteiger partial charge in [0.1, 0.15) is 5.65 Å². The number of aromatic amines is 1. The van der Waals surface area contributed by atoms with Gasteiger partial charge in [-0.3, -0.25) is 9.98 Å². The molecule has 250 valence electrons. The molecule has 0 spiro atoms. The van der Waals surface area contributed by atoms with Crippen molar-refractivity contribution in [3.05, 3.63) is 74.5 Å². The molecular formula is C36H45ClFN7OS. The fraction of sp³-hybridized carbons (Fsp3) is 0.472. The molecule has 0 amide bonds. The molecule has 2 aromatic carbocycles. The zero-order chi connectivity index (χ0) is 33.2. The lowest BCUT2D eigenvalue weighted by Crippen LogP contribution is -2.39. The number of rotatable bonds is 12. The Bertz CT molecular complexity index is 1830. The summed E-state index contributed by atoms with van der Waals surface area (Å²) in [7, 11) is 0. The van der Waals surface area contributed by atoms with Crippen LogP contribution in [-0.2, 0) is 6.42 Å². The van der Waals surface area contributed by atoms with Gasteiger partial charge < -0.3 is 21.4 Å². The Morgan fingerprint density at radius 1 is 1.23 bits per heavy atom. The molecule has 4 aromatic rings. The summed E-state index contributed by atoms with van der Waals surface area (Å²) in [5.41, 5.74) is 10.9. The predicted molar refractivity (Wildman–Crippen MR) is 192 cm³/mol. The lowest BCUT2D eigenvalue weighted by Gasteiger charge is -2.32. The van der Waals surface area contributed by atoms with Crippen molar-refractivity contribution in [2.24, 2.45) is 11.7 Å². The van der Waals surface area contributed by atoms with E-state index in [0.29, 0.717) is 34.7 Å². The fourth-order valence-corrected chi connectivity index (χ4v) is 7.93. The molecule has 6 N–H and O–H groups in total. The first-order chi connectivity index (χ1) is 22.6. The number of aryl methyl sites for hydroxylation is 2. The van der Waals surface area contributed by atoms with Crippen molar-refractivity contribution in [3.8, 4) is 16.9 Å². The molecule has 11 heteroatoms. The van der Waals surface area contributed by atoms with Crippen LogP contribution in [0.2, 0.25) is 5.02 Å². The van der Waals surface area contributed by atoms with Gasteiger partial charge in [-0.1, -0.05) is 24.1 Å². The van der Waals surface area contributed by atoms with E-state index in [-0.39, 0.29) is 17.1 Å². The summed E-state index contributed by atoms with van der Waals surface area (Å²) in [5, 5.41) is 15.4. The minimum Gasteiger partial charge on any atom is -0.374 e. The first kappa shape index (κ1) is 33.7. The number of benzene rings is 2. The van der Waals surface area contributed by atoms with E-state index in [9.17, 15) is 4.79 Å². The van der Waals surface area contributed by atoms with E-state index >= 15 is 4.39 Å². The number of nitrogens with zero attached hydrogens (tertiary/aromatic N) is 2. The van der Waals surface area contributed by atoms with Crippen molar-refractivity contribution < 1.29 is 4.39 Å². The third kappa shape index (κ3) is 7.61. The second kappa shape index (κ2) is 14.5. The first-order valence-corrected chi connectivity index (χ1v) is 18.3. The van der Waals surface area contributed by atoms with Gasteiger partial charge in [0.2, 0.25) is 0 Å². The molecule has 1 saturated heterocycles. The summed E-state index contributed by atoms with van der Waals surface area (Å²) in [4.78, 5) is 22.2. The smallest absolute Gasteiger partial charge is 0.354 e. The Morgan fingerprint density at radius 2 is 2.04 bits per heavy atom. The molecule has 2 aromatic heterocycles. The molecule has 1 saturated carbocycles. The van der Waals surface area contributed by atoms with E-state index in [1.807, 2.05) is 25.1 Å². The quantitative estimate of drug-likeness (QED) is 0.0604. The predicted octanol–water partition coefficient (Wildman–Crippen LogP) is 7.42. The molecule has 1 unspecified atom stereocenters. The van der Waals surface area contributed by atoms with Gasteiger partial charge in [-0.05, 0) is 119 Å². The Balaban J connectivity index is 1.26. The van der Waals surface area contributed by atoms with Gasteiger partial charge in [-0.15, -0.1) is 11.8 Å². The maximum Gasteiger partial charge on any atom is 0.354 e. The number of halogens is 2. The van der Waals surface area contributed by atoms with Crippen molar-refractivity contribution >= 4 is 40.2 Å². The topological polar surface area (TPSA) is 125 Å². The molecule has 2 fully saturated rings. The van der Waals surface area contributed by atoms with E-state index in [1.54, 1.807) is 29.3 Å². The molecule has 3 heterocycles. The number of aromatic nitrogens is 3. The van der Waals surface area contributed by atoms with Crippen LogP contribution in [0.4, 0.5) is 4.39 Å². The van der Waals surface area contributed by atoms with Crippen LogP contribution >= 0.6 is 23.4 Å². The molecule has 8 nitrogen and oxygen atoms in total.